The number of ether oxygens (including phenoxy) is 2. The van der Waals surface area contributed by atoms with Crippen LogP contribution < -0.4 is 20.4 Å². The lowest BCUT2D eigenvalue weighted by Crippen LogP contribution is -2.99. The lowest BCUT2D eigenvalue weighted by molar-refractivity contribution is -0.991. The van der Waals surface area contributed by atoms with Gasteiger partial charge in [0.2, 0.25) is 0 Å². The van der Waals surface area contributed by atoms with Crippen LogP contribution in [0.2, 0.25) is 0 Å². The van der Waals surface area contributed by atoms with Gasteiger partial charge in [-0.25, -0.2) is 20.2 Å². The van der Waals surface area contributed by atoms with E-state index in [-0.39, 0.29) is 5.69 Å². The second-order valence-corrected chi connectivity index (χ2v) is 7.86. The summed E-state index contributed by atoms with van der Waals surface area (Å²) in [4.78, 5) is 13.9. The molecule has 11 heteroatoms. The van der Waals surface area contributed by atoms with Crippen molar-refractivity contribution in [3.8, 4) is 11.5 Å². The minimum Gasteiger partial charge on any atom is -0.595 e. The minimum absolute atomic E-state index is 0.250. The Morgan fingerprint density at radius 3 is 2.75 bits per heavy atom. The van der Waals surface area contributed by atoms with Crippen molar-refractivity contribution < 1.29 is 19.9 Å². The smallest absolute Gasteiger partial charge is 0.175 e. The van der Waals surface area contributed by atoms with Crippen molar-refractivity contribution in [2.75, 3.05) is 20.0 Å². The summed E-state index contributed by atoms with van der Waals surface area (Å²) in [5.74, 6) is 1.67. The Morgan fingerprint density at radius 2 is 2.00 bits per heavy atom. The molecule has 0 fully saturated rings. The van der Waals surface area contributed by atoms with E-state index in [2.05, 4.69) is 15.0 Å². The van der Waals surface area contributed by atoms with E-state index in [0.717, 1.165) is 10.5 Å². The quantitative estimate of drug-likeness (QED) is 0.342. The average molecular weight is 455 g/mol. The summed E-state index contributed by atoms with van der Waals surface area (Å²) in [6.07, 6.45) is 1.99. The Bertz CT molecular complexity index is 1250. The molecule has 4 N–H and O–H groups in total. The zero-order valence-corrected chi connectivity index (χ0v) is 18.3. The summed E-state index contributed by atoms with van der Waals surface area (Å²) >= 11 is 1.40. The van der Waals surface area contributed by atoms with E-state index in [0.29, 0.717) is 46.6 Å². The van der Waals surface area contributed by atoms with E-state index in [4.69, 9.17) is 15.2 Å². The Hall–Kier alpha value is -3.38. The Balaban J connectivity index is 1.71. The molecule has 1 unspecified atom stereocenters. The van der Waals surface area contributed by atoms with Gasteiger partial charge < -0.3 is 25.0 Å². The number of methoxy groups -OCH3 is 2. The van der Waals surface area contributed by atoms with Gasteiger partial charge in [-0.15, -0.1) is 0 Å². The van der Waals surface area contributed by atoms with Crippen LogP contribution in [-0.4, -0.2) is 38.9 Å². The molecule has 1 atom stereocenters. The van der Waals surface area contributed by atoms with Gasteiger partial charge in [-0.05, 0) is 41.9 Å². The number of nitrogen functional groups attached to an aromatic ring is 1. The van der Waals surface area contributed by atoms with Crippen LogP contribution >= 0.6 is 11.8 Å². The van der Waals surface area contributed by atoms with Crippen molar-refractivity contribution in [1.29, 1.82) is 0 Å². The second kappa shape index (κ2) is 9.40. The van der Waals surface area contributed by atoms with Crippen molar-refractivity contribution in [3.63, 3.8) is 0 Å². The second-order valence-electron chi connectivity index (χ2n) is 6.85. The van der Waals surface area contributed by atoms with Crippen molar-refractivity contribution >= 4 is 34.4 Å². The molecule has 0 spiro atoms. The van der Waals surface area contributed by atoms with Crippen molar-refractivity contribution in [3.05, 3.63) is 59.6 Å². The number of rotatable bonds is 8. The predicted octanol–water partition coefficient (Wildman–Crippen LogP) is 2.22. The maximum atomic E-state index is 11.3. The van der Waals surface area contributed by atoms with Crippen molar-refractivity contribution in [1.82, 2.24) is 19.5 Å². The Labute approximate surface area is 188 Å². The van der Waals surface area contributed by atoms with Gasteiger partial charge in [0.15, 0.2) is 27.8 Å². The summed E-state index contributed by atoms with van der Waals surface area (Å²) < 4.78 is 12.8. The number of benzene rings is 2. The van der Waals surface area contributed by atoms with E-state index in [1.165, 1.54) is 18.1 Å². The highest BCUT2D eigenvalue weighted by Gasteiger charge is 2.18. The van der Waals surface area contributed by atoms with Gasteiger partial charge in [0.05, 0.1) is 19.1 Å². The summed E-state index contributed by atoms with van der Waals surface area (Å²) in [7, 11) is 3.21. The zero-order valence-electron chi connectivity index (χ0n) is 17.5. The molecule has 4 aromatic rings. The fraction of sp³-hybridized carbons (Fsp3) is 0.190. The molecule has 0 aliphatic carbocycles. The van der Waals surface area contributed by atoms with E-state index < -0.39 is 5.23 Å². The molecule has 166 valence electrons. The van der Waals surface area contributed by atoms with Crippen molar-refractivity contribution in [2.45, 2.75) is 23.0 Å². The normalized spacial score (nSPS) is 12.1. The SMILES string of the molecule is COc1ccc(OC)c(Sc2nc3c(N)ncnc3n2CCc2cccc([NH+]([O-])O)c2)c1. The minimum atomic E-state index is -0.957. The maximum Gasteiger partial charge on any atom is 0.175 e. The average Bonchev–Trinajstić information content (AvgIpc) is 3.16. The zero-order chi connectivity index (χ0) is 22.7. The van der Waals surface area contributed by atoms with E-state index >= 15 is 0 Å². The van der Waals surface area contributed by atoms with Crippen molar-refractivity contribution in [2.24, 2.45) is 0 Å². The maximum absolute atomic E-state index is 11.3. The molecule has 0 aliphatic heterocycles. The molecule has 0 aliphatic rings. The fourth-order valence-corrected chi connectivity index (χ4v) is 4.32. The molecule has 0 amide bonds. The van der Waals surface area contributed by atoms with Gasteiger partial charge in [-0.1, -0.05) is 12.1 Å². The molecule has 2 heterocycles. The van der Waals surface area contributed by atoms with Gasteiger partial charge in [0.1, 0.15) is 17.8 Å². The summed E-state index contributed by atoms with van der Waals surface area (Å²) in [6, 6.07) is 12.4. The molecule has 2 aromatic heterocycles. The van der Waals surface area contributed by atoms with Crippen LogP contribution in [0.1, 0.15) is 5.56 Å². The Kier molecular flexibility index (Phi) is 6.42. The summed E-state index contributed by atoms with van der Waals surface area (Å²) in [6.45, 7) is 0.518. The third-order valence-electron chi connectivity index (χ3n) is 4.90. The molecule has 0 bridgehead atoms. The first-order chi connectivity index (χ1) is 15.5. The molecule has 32 heavy (non-hydrogen) atoms. The first-order valence-corrected chi connectivity index (χ1v) is 10.5. The number of nitrogens with zero attached hydrogens (tertiary/aromatic N) is 4. The van der Waals surface area contributed by atoms with Gasteiger partial charge in [-0.3, -0.25) is 0 Å². The van der Waals surface area contributed by atoms with Crippen LogP contribution in [0, 0.1) is 5.21 Å². The highest BCUT2D eigenvalue weighted by molar-refractivity contribution is 7.99. The number of imidazole rings is 1. The number of fused-ring (bicyclic) bond motifs is 1. The number of anilines is 1. The standard InChI is InChI=1S/C21H22N6O4S/c1-30-15-6-7-16(31-2)17(11-15)32-21-25-18-19(22)23-12-24-20(18)26(21)9-8-13-4-3-5-14(10-13)27(28)29/h3-7,10-12,27-28H,8-9H2,1-2H3,(H2,22,23,24). The molecule has 0 saturated heterocycles. The lowest BCUT2D eigenvalue weighted by Gasteiger charge is -2.13. The number of hydrogen-bond donors (Lipinski definition) is 3. The number of aromatic nitrogens is 4. The van der Waals surface area contributed by atoms with Crippen LogP contribution in [-0.2, 0) is 13.0 Å². The van der Waals surface area contributed by atoms with Crippen LogP contribution in [0.4, 0.5) is 11.5 Å². The van der Waals surface area contributed by atoms with Crippen LogP contribution in [0.15, 0.2) is 58.8 Å². The van der Waals surface area contributed by atoms with E-state index in [1.54, 1.807) is 32.4 Å². The highest BCUT2D eigenvalue weighted by Crippen LogP contribution is 2.38. The molecular weight excluding hydrogens is 432 g/mol. The molecular formula is C21H22N6O4S. The number of nitrogens with two attached hydrogens (primary N) is 1. The Morgan fingerprint density at radius 1 is 1.16 bits per heavy atom. The fourth-order valence-electron chi connectivity index (χ4n) is 3.28. The largest absolute Gasteiger partial charge is 0.595 e. The van der Waals surface area contributed by atoms with E-state index in [9.17, 15) is 10.4 Å². The number of quaternary nitrogens is 1. The third-order valence-corrected chi connectivity index (χ3v) is 5.93. The molecule has 0 radical (unpaired) electrons. The first kappa shape index (κ1) is 21.8. The highest BCUT2D eigenvalue weighted by atomic mass is 32.2. The van der Waals surface area contributed by atoms with Crippen LogP contribution in [0.25, 0.3) is 11.2 Å². The van der Waals surface area contributed by atoms with Gasteiger partial charge >= 0.3 is 0 Å². The monoisotopic (exact) mass is 454 g/mol. The number of aryl methyl sites for hydroxylation is 2. The third kappa shape index (κ3) is 4.46. The van der Waals surface area contributed by atoms with Crippen LogP contribution in [0.5, 0.6) is 11.5 Å². The summed E-state index contributed by atoms with van der Waals surface area (Å²) in [5, 5.41) is 20.3. The molecule has 2 aromatic carbocycles. The number of nitrogens with one attached hydrogen (secondary N) is 1. The van der Waals surface area contributed by atoms with Gasteiger partial charge in [0.25, 0.3) is 0 Å². The van der Waals surface area contributed by atoms with Crippen LogP contribution in [0.3, 0.4) is 0 Å². The predicted molar refractivity (Wildman–Crippen MR) is 119 cm³/mol. The molecule has 4 rings (SSSR count). The van der Waals surface area contributed by atoms with Gasteiger partial charge in [-0.2, -0.15) is 5.23 Å². The topological polar surface area (TPSA) is 136 Å². The molecule has 10 nitrogen and oxygen atoms in total. The van der Waals surface area contributed by atoms with Gasteiger partial charge in [0, 0.05) is 18.7 Å². The first-order valence-electron chi connectivity index (χ1n) is 9.69. The lowest BCUT2D eigenvalue weighted by atomic mass is 10.1. The molecule has 0 saturated carbocycles. The van der Waals surface area contributed by atoms with E-state index in [1.807, 2.05) is 28.8 Å². The summed E-state index contributed by atoms with van der Waals surface area (Å²) in [5.41, 5.74) is 8.31. The number of hydrogen-bond acceptors (Lipinski definition) is 9.